The number of likely N-dealkylation sites (N-methyl/N-ethyl adjacent to an activating group) is 1. The molecule has 2 amide bonds. The Morgan fingerprint density at radius 2 is 1.90 bits per heavy atom. The average molecular weight is 558 g/mol. The lowest BCUT2D eigenvalue weighted by atomic mass is 9.99. The van der Waals surface area contributed by atoms with Gasteiger partial charge in [0.15, 0.2) is 0 Å². The Morgan fingerprint density at radius 3 is 2.50 bits per heavy atom. The molecule has 2 aromatic carbocycles. The van der Waals surface area contributed by atoms with Crippen LogP contribution in [0.4, 0.5) is 10.5 Å². The van der Waals surface area contributed by atoms with Crippen molar-refractivity contribution in [2.24, 2.45) is 5.92 Å². The quantitative estimate of drug-likeness (QED) is 0.315. The monoisotopic (exact) mass is 557 g/mol. The van der Waals surface area contributed by atoms with Gasteiger partial charge in [-0.1, -0.05) is 25.1 Å². The summed E-state index contributed by atoms with van der Waals surface area (Å²) >= 11 is 0. The summed E-state index contributed by atoms with van der Waals surface area (Å²) in [7, 11) is 3.19. The summed E-state index contributed by atoms with van der Waals surface area (Å²) in [5.74, 6) is -0.0296. The van der Waals surface area contributed by atoms with E-state index in [1.54, 1.807) is 39.8 Å². The first-order valence-electron chi connectivity index (χ1n) is 13.2. The van der Waals surface area contributed by atoms with Crippen LogP contribution in [0, 0.1) is 16.0 Å². The number of amides is 2. The lowest BCUT2D eigenvalue weighted by molar-refractivity contribution is -0.386. The van der Waals surface area contributed by atoms with Crippen molar-refractivity contribution in [3.63, 3.8) is 0 Å². The van der Waals surface area contributed by atoms with E-state index in [-0.39, 0.29) is 48.0 Å². The Bertz CT molecular complexity index is 1190. The number of carbonyl (C=O) groups is 2. The minimum Gasteiger partial charge on any atom is -0.497 e. The highest BCUT2D eigenvalue weighted by molar-refractivity contribution is 5.98. The Kier molecular flexibility index (Phi) is 9.97. The van der Waals surface area contributed by atoms with Gasteiger partial charge in [0.2, 0.25) is 5.75 Å². The fourth-order valence-electron chi connectivity index (χ4n) is 4.33. The molecule has 1 aliphatic heterocycles. The van der Waals surface area contributed by atoms with E-state index in [0.717, 1.165) is 11.3 Å². The van der Waals surface area contributed by atoms with Gasteiger partial charge in [-0.2, -0.15) is 0 Å². The van der Waals surface area contributed by atoms with Crippen LogP contribution in [-0.2, 0) is 16.1 Å². The maximum atomic E-state index is 13.7. The lowest BCUT2D eigenvalue weighted by Gasteiger charge is -2.38. The van der Waals surface area contributed by atoms with E-state index in [9.17, 15) is 19.7 Å². The molecule has 1 aliphatic rings. The van der Waals surface area contributed by atoms with Crippen LogP contribution in [0.5, 0.6) is 11.5 Å². The van der Waals surface area contributed by atoms with Gasteiger partial charge < -0.3 is 28.7 Å². The molecule has 0 N–H and O–H groups in total. The molecule has 3 rings (SSSR count). The van der Waals surface area contributed by atoms with Crippen LogP contribution in [0.15, 0.2) is 42.5 Å². The number of fused-ring (bicyclic) bond motifs is 1. The van der Waals surface area contributed by atoms with Crippen LogP contribution in [0.1, 0.15) is 50.5 Å². The lowest BCUT2D eigenvalue weighted by Crippen LogP contribution is -2.50. The van der Waals surface area contributed by atoms with Gasteiger partial charge in [-0.3, -0.25) is 14.9 Å². The second-order valence-corrected chi connectivity index (χ2v) is 11.1. The van der Waals surface area contributed by atoms with Gasteiger partial charge in [0.1, 0.15) is 17.5 Å². The van der Waals surface area contributed by atoms with Crippen molar-refractivity contribution < 1.29 is 33.5 Å². The number of para-hydroxylation sites is 1. The minimum absolute atomic E-state index is 0.0908. The number of nitro benzene ring substituents is 1. The number of carbonyl (C=O) groups excluding carboxylic acids is 2. The number of hydrogen-bond acceptors (Lipinski definition) is 8. The molecule has 11 heteroatoms. The van der Waals surface area contributed by atoms with Crippen molar-refractivity contribution in [3.05, 3.63) is 63.7 Å². The minimum atomic E-state index is -0.686. The van der Waals surface area contributed by atoms with Gasteiger partial charge in [0, 0.05) is 25.6 Å². The van der Waals surface area contributed by atoms with Crippen LogP contribution < -0.4 is 9.47 Å². The Hall–Kier alpha value is -3.86. The van der Waals surface area contributed by atoms with E-state index in [4.69, 9.17) is 18.9 Å². The van der Waals surface area contributed by atoms with Crippen molar-refractivity contribution in [2.75, 3.05) is 33.9 Å². The van der Waals surface area contributed by atoms with Crippen LogP contribution in [0.3, 0.4) is 0 Å². The number of benzene rings is 2. The Balaban J connectivity index is 1.84. The second kappa shape index (κ2) is 13.0. The summed E-state index contributed by atoms with van der Waals surface area (Å²) in [6, 6.07) is 11.5. The third-order valence-corrected chi connectivity index (χ3v) is 6.55. The molecule has 0 aliphatic carbocycles. The molecular weight excluding hydrogens is 518 g/mol. The van der Waals surface area contributed by atoms with Crippen LogP contribution >= 0.6 is 0 Å². The summed E-state index contributed by atoms with van der Waals surface area (Å²) in [5, 5.41) is 11.9. The number of rotatable bonds is 9. The number of methoxy groups -OCH3 is 1. The highest BCUT2D eigenvalue weighted by atomic mass is 16.6. The maximum Gasteiger partial charge on any atom is 0.410 e. The van der Waals surface area contributed by atoms with Gasteiger partial charge in [-0.15, -0.1) is 0 Å². The highest BCUT2D eigenvalue weighted by Crippen LogP contribution is 2.36. The predicted molar refractivity (Wildman–Crippen MR) is 149 cm³/mol. The number of hydrogen-bond donors (Lipinski definition) is 0. The fourth-order valence-corrected chi connectivity index (χ4v) is 4.33. The normalized spacial score (nSPS) is 18.1. The van der Waals surface area contributed by atoms with E-state index in [1.165, 1.54) is 23.1 Å². The SMILES string of the molecule is COc1ccc(COC[C@H](C)N2C[C@@H](C)[C@@H](CN(C)C(=O)OC(C)(C)C)Oc3c(cccc3[N+](=O)[O-])C2=O)cc1. The van der Waals surface area contributed by atoms with Gasteiger partial charge in [-0.05, 0) is 51.5 Å². The third kappa shape index (κ3) is 7.84. The van der Waals surface area contributed by atoms with Crippen molar-refractivity contribution in [3.8, 4) is 11.5 Å². The third-order valence-electron chi connectivity index (χ3n) is 6.55. The highest BCUT2D eigenvalue weighted by Gasteiger charge is 2.37. The van der Waals surface area contributed by atoms with E-state index >= 15 is 0 Å². The molecular formula is C29H39N3O8. The molecule has 218 valence electrons. The molecule has 11 nitrogen and oxygen atoms in total. The smallest absolute Gasteiger partial charge is 0.410 e. The standard InChI is InChI=1S/C29H39N3O8/c1-19-15-31(20(2)17-38-18-21-11-13-22(37-7)14-12-21)27(33)23-9-8-10-24(32(35)36)26(23)39-25(19)16-30(6)28(34)40-29(3,4)5/h8-14,19-20,25H,15-18H2,1-7H3/t19-,20+,25-/m1/s1. The second-order valence-electron chi connectivity index (χ2n) is 11.1. The zero-order valence-corrected chi connectivity index (χ0v) is 24.2. The summed E-state index contributed by atoms with van der Waals surface area (Å²) in [4.78, 5) is 40.7. The molecule has 3 atom stereocenters. The maximum absolute atomic E-state index is 13.7. The van der Waals surface area contributed by atoms with E-state index in [2.05, 4.69) is 0 Å². The zero-order chi connectivity index (χ0) is 29.6. The molecule has 1 heterocycles. The zero-order valence-electron chi connectivity index (χ0n) is 24.2. The molecule has 0 spiro atoms. The molecule has 0 bridgehead atoms. The molecule has 40 heavy (non-hydrogen) atoms. The van der Waals surface area contributed by atoms with Crippen LogP contribution in [-0.4, -0.2) is 78.3 Å². The molecule has 0 aromatic heterocycles. The van der Waals surface area contributed by atoms with Crippen molar-refractivity contribution in [1.29, 1.82) is 0 Å². The summed E-state index contributed by atoms with van der Waals surface area (Å²) in [6.07, 6.45) is -1.19. The van der Waals surface area contributed by atoms with Crippen molar-refractivity contribution in [1.82, 2.24) is 9.80 Å². The van der Waals surface area contributed by atoms with Gasteiger partial charge >= 0.3 is 11.8 Å². The molecule has 0 radical (unpaired) electrons. The first kappa shape index (κ1) is 30.7. The number of nitro groups is 1. The van der Waals surface area contributed by atoms with Crippen molar-refractivity contribution >= 4 is 17.7 Å². The Morgan fingerprint density at radius 1 is 1.23 bits per heavy atom. The molecule has 0 fully saturated rings. The average Bonchev–Trinajstić information content (AvgIpc) is 2.89. The van der Waals surface area contributed by atoms with Gasteiger partial charge in [-0.25, -0.2) is 4.79 Å². The first-order valence-corrected chi connectivity index (χ1v) is 13.2. The van der Waals surface area contributed by atoms with Crippen molar-refractivity contribution in [2.45, 2.75) is 59.0 Å². The first-order chi connectivity index (χ1) is 18.8. The van der Waals surface area contributed by atoms with Gasteiger partial charge in [0.05, 0.1) is 43.4 Å². The summed E-state index contributed by atoms with van der Waals surface area (Å²) in [5.41, 5.74) is 0.0513. The summed E-state index contributed by atoms with van der Waals surface area (Å²) < 4.78 is 22.8. The van der Waals surface area contributed by atoms with Gasteiger partial charge in [0.25, 0.3) is 5.91 Å². The van der Waals surface area contributed by atoms with E-state index in [0.29, 0.717) is 13.2 Å². The predicted octanol–water partition coefficient (Wildman–Crippen LogP) is 4.91. The fraction of sp³-hybridized carbons (Fsp3) is 0.517. The number of ether oxygens (including phenoxy) is 4. The molecule has 0 unspecified atom stereocenters. The Labute approximate surface area is 235 Å². The molecule has 2 aromatic rings. The number of nitrogens with zero attached hydrogens (tertiary/aromatic N) is 3. The van der Waals surface area contributed by atoms with Crippen LogP contribution in [0.25, 0.3) is 0 Å². The van der Waals surface area contributed by atoms with Crippen LogP contribution in [0.2, 0.25) is 0 Å². The molecule has 0 saturated carbocycles. The largest absolute Gasteiger partial charge is 0.497 e. The summed E-state index contributed by atoms with van der Waals surface area (Å²) in [6.45, 7) is 10.1. The topological polar surface area (TPSA) is 121 Å². The molecule has 0 saturated heterocycles. The van der Waals surface area contributed by atoms with E-state index in [1.807, 2.05) is 38.1 Å². The van der Waals surface area contributed by atoms with E-state index < -0.39 is 22.7 Å².